The van der Waals surface area contributed by atoms with Crippen LogP contribution >= 0.6 is 11.3 Å². The fraction of sp³-hybridized carbons (Fsp3) is 0.100. The van der Waals surface area contributed by atoms with E-state index in [-0.39, 0.29) is 37.5 Å². The lowest BCUT2D eigenvalue weighted by molar-refractivity contribution is -0.140. The summed E-state index contributed by atoms with van der Waals surface area (Å²) in [4.78, 5) is 34.6. The summed E-state index contributed by atoms with van der Waals surface area (Å²) in [7, 11) is 1.78. The molecule has 216 valence electrons. The van der Waals surface area contributed by atoms with Gasteiger partial charge in [0.25, 0.3) is 11.8 Å². The first-order chi connectivity index (χ1) is 20.4. The average molecular weight is 605 g/mol. The number of hydrogen-bond donors (Lipinski definition) is 2. The van der Waals surface area contributed by atoms with E-state index in [1.807, 2.05) is 6.92 Å². The number of primary amides is 1. The van der Waals surface area contributed by atoms with Gasteiger partial charge in [0.1, 0.15) is 21.2 Å². The third-order valence-corrected chi connectivity index (χ3v) is 8.14. The number of aryl methyl sites for hydroxylation is 1. The Morgan fingerprint density at radius 1 is 1.00 bits per heavy atom. The maximum atomic E-state index is 14.0. The number of rotatable bonds is 5. The smallest absolute Gasteiger partial charge is 0.365 e. The number of benzene rings is 2. The first-order valence-electron chi connectivity index (χ1n) is 12.7. The number of carbonyl (C=O) groups is 2. The second-order valence-electron chi connectivity index (χ2n) is 9.70. The zero-order valence-electron chi connectivity index (χ0n) is 22.5. The summed E-state index contributed by atoms with van der Waals surface area (Å²) in [5.41, 5.74) is 7.22. The number of alkyl halides is 3. The zero-order valence-corrected chi connectivity index (χ0v) is 23.3. The lowest BCUT2D eigenvalue weighted by Gasteiger charge is -2.14. The number of nitrogens with two attached hydrogens (primary N) is 1. The topological polar surface area (TPSA) is 116 Å². The number of amides is 2. The quantitative estimate of drug-likeness (QED) is 0.212. The van der Waals surface area contributed by atoms with Gasteiger partial charge in [0.2, 0.25) is 0 Å². The molecule has 6 rings (SSSR count). The molecule has 43 heavy (non-hydrogen) atoms. The van der Waals surface area contributed by atoms with E-state index >= 15 is 0 Å². The monoisotopic (exact) mass is 604 g/mol. The van der Waals surface area contributed by atoms with E-state index in [9.17, 15) is 27.2 Å². The van der Waals surface area contributed by atoms with Crippen LogP contribution in [0.2, 0.25) is 0 Å². The summed E-state index contributed by atoms with van der Waals surface area (Å²) in [5.74, 6) is -2.22. The predicted molar refractivity (Wildman–Crippen MR) is 155 cm³/mol. The van der Waals surface area contributed by atoms with Crippen molar-refractivity contribution in [3.05, 3.63) is 94.5 Å². The molecule has 6 aromatic rings. The Hall–Kier alpha value is -5.17. The summed E-state index contributed by atoms with van der Waals surface area (Å²) >= 11 is 0.622. The summed E-state index contributed by atoms with van der Waals surface area (Å²) in [5, 5.41) is 7.55. The number of hydrogen-bond acceptors (Lipinski definition) is 6. The van der Waals surface area contributed by atoms with Gasteiger partial charge in [-0.15, -0.1) is 11.3 Å². The molecular weight excluding hydrogens is 584 g/mol. The Labute approximate surface area is 244 Å². The molecule has 0 aliphatic heterocycles. The molecule has 0 unspecified atom stereocenters. The highest BCUT2D eigenvalue weighted by molar-refractivity contribution is 7.21. The van der Waals surface area contributed by atoms with Crippen LogP contribution in [0.25, 0.3) is 43.5 Å². The molecule has 0 fully saturated rings. The van der Waals surface area contributed by atoms with E-state index in [0.717, 1.165) is 23.9 Å². The number of nitrogens with one attached hydrogen (secondary N) is 1. The lowest BCUT2D eigenvalue weighted by atomic mass is 10.0. The Morgan fingerprint density at radius 3 is 2.37 bits per heavy atom. The number of pyridine rings is 2. The minimum absolute atomic E-state index is 0.0114. The van der Waals surface area contributed by atoms with Gasteiger partial charge >= 0.3 is 6.18 Å². The van der Waals surface area contributed by atoms with Crippen LogP contribution in [-0.2, 0) is 13.2 Å². The van der Waals surface area contributed by atoms with Crippen molar-refractivity contribution in [2.45, 2.75) is 13.1 Å². The van der Waals surface area contributed by atoms with Crippen LogP contribution in [0.3, 0.4) is 0 Å². The molecule has 4 heterocycles. The largest absolute Gasteiger partial charge is 0.433 e. The van der Waals surface area contributed by atoms with Crippen molar-refractivity contribution < 1.29 is 27.2 Å². The number of aromatic nitrogens is 4. The highest BCUT2D eigenvalue weighted by atomic mass is 32.1. The summed E-state index contributed by atoms with van der Waals surface area (Å²) < 4.78 is 56.9. The van der Waals surface area contributed by atoms with Crippen LogP contribution in [-0.4, -0.2) is 31.6 Å². The number of para-hydroxylation sites is 1. The molecule has 2 amide bonds. The minimum atomic E-state index is -4.82. The van der Waals surface area contributed by atoms with Crippen molar-refractivity contribution in [3.8, 4) is 22.4 Å². The number of thiophene rings is 1. The van der Waals surface area contributed by atoms with E-state index in [4.69, 9.17) is 10.7 Å². The molecule has 0 bridgehead atoms. The summed E-state index contributed by atoms with van der Waals surface area (Å²) in [6, 6.07) is 14.1. The standard InChI is InChI=1S/C30H20F4N6O2S/c1-14-20(13-36-40(14)2)22-11-19(17-5-3-4-6-21(17)37-22)28(42)39-25-24-18(15-7-9-16(31)10-8-15)12-23(30(32,33)34)38-29(24)43-26(25)27(35)41/h3-13H,1-2H3,(H2,35,41)(H,39,42). The molecule has 8 nitrogen and oxygen atoms in total. The molecule has 4 aromatic heterocycles. The van der Waals surface area contributed by atoms with E-state index in [0.29, 0.717) is 33.5 Å². The van der Waals surface area contributed by atoms with Crippen molar-refractivity contribution in [2.24, 2.45) is 12.8 Å². The number of carbonyl (C=O) groups excluding carboxylic acids is 2. The van der Waals surface area contributed by atoms with Crippen LogP contribution < -0.4 is 11.1 Å². The molecule has 0 atom stereocenters. The molecule has 0 aliphatic carbocycles. The maximum Gasteiger partial charge on any atom is 0.433 e. The molecule has 0 aliphatic rings. The lowest BCUT2D eigenvalue weighted by Crippen LogP contribution is -2.17. The van der Waals surface area contributed by atoms with E-state index in [1.54, 1.807) is 48.3 Å². The van der Waals surface area contributed by atoms with Crippen LogP contribution in [0.5, 0.6) is 0 Å². The van der Waals surface area contributed by atoms with Crippen molar-refractivity contribution in [1.82, 2.24) is 19.7 Å². The van der Waals surface area contributed by atoms with Crippen molar-refractivity contribution in [3.63, 3.8) is 0 Å². The minimum Gasteiger partial charge on any atom is -0.365 e. The second-order valence-corrected chi connectivity index (χ2v) is 10.7. The van der Waals surface area contributed by atoms with Crippen molar-refractivity contribution in [1.29, 1.82) is 0 Å². The number of halogens is 4. The van der Waals surface area contributed by atoms with Gasteiger partial charge in [-0.2, -0.15) is 18.3 Å². The molecule has 3 N–H and O–H groups in total. The first-order valence-corrected chi connectivity index (χ1v) is 13.5. The third kappa shape index (κ3) is 4.97. The highest BCUT2D eigenvalue weighted by Crippen LogP contribution is 2.44. The molecule has 2 aromatic carbocycles. The average Bonchev–Trinajstić information content (AvgIpc) is 3.51. The van der Waals surface area contributed by atoms with E-state index < -0.39 is 29.5 Å². The van der Waals surface area contributed by atoms with Gasteiger partial charge in [0.15, 0.2) is 0 Å². The van der Waals surface area contributed by atoms with E-state index in [1.165, 1.54) is 12.1 Å². The Morgan fingerprint density at radius 2 is 1.72 bits per heavy atom. The molecule has 0 spiro atoms. The van der Waals surface area contributed by atoms with Gasteiger partial charge < -0.3 is 11.1 Å². The summed E-state index contributed by atoms with van der Waals surface area (Å²) in [6.07, 6.45) is -3.19. The van der Waals surface area contributed by atoms with Crippen molar-refractivity contribution >= 4 is 50.0 Å². The molecule has 0 saturated heterocycles. The molecule has 0 saturated carbocycles. The second kappa shape index (κ2) is 10.3. The zero-order chi connectivity index (χ0) is 30.6. The Balaban J connectivity index is 1.57. The molecule has 13 heteroatoms. The van der Waals surface area contributed by atoms with Crippen LogP contribution in [0.1, 0.15) is 31.4 Å². The van der Waals surface area contributed by atoms with Gasteiger partial charge in [-0.3, -0.25) is 14.3 Å². The fourth-order valence-corrected chi connectivity index (χ4v) is 5.83. The van der Waals surface area contributed by atoms with Crippen LogP contribution in [0.4, 0.5) is 23.2 Å². The van der Waals surface area contributed by atoms with Crippen LogP contribution in [0.15, 0.2) is 66.9 Å². The number of anilines is 1. The SMILES string of the molecule is Cc1c(-c2cc(C(=O)Nc3c(C(N)=O)sc4nc(C(F)(F)F)cc(-c5ccc(F)cc5)c34)c3ccccc3n2)cnn1C. The fourth-order valence-electron chi connectivity index (χ4n) is 4.83. The van der Waals surface area contributed by atoms with Gasteiger partial charge in [0.05, 0.1) is 28.7 Å². The Bertz CT molecular complexity index is 2080. The van der Waals surface area contributed by atoms with Crippen molar-refractivity contribution in [2.75, 3.05) is 5.32 Å². The predicted octanol–water partition coefficient (Wildman–Crippen LogP) is 6.73. The van der Waals surface area contributed by atoms with E-state index in [2.05, 4.69) is 15.4 Å². The van der Waals surface area contributed by atoms with Gasteiger partial charge in [0, 0.05) is 29.1 Å². The van der Waals surface area contributed by atoms with Gasteiger partial charge in [-0.05, 0) is 48.4 Å². The first kappa shape index (κ1) is 28.0. The van der Waals surface area contributed by atoms with Gasteiger partial charge in [-0.1, -0.05) is 30.3 Å². The molecule has 0 radical (unpaired) electrons. The number of fused-ring (bicyclic) bond motifs is 2. The highest BCUT2D eigenvalue weighted by Gasteiger charge is 2.35. The maximum absolute atomic E-state index is 14.0. The third-order valence-electron chi connectivity index (χ3n) is 7.04. The molecular formula is C30H20F4N6O2S. The van der Waals surface area contributed by atoms with Crippen LogP contribution in [0, 0.1) is 12.7 Å². The Kier molecular flexibility index (Phi) is 6.69. The van der Waals surface area contributed by atoms with Gasteiger partial charge in [-0.25, -0.2) is 14.4 Å². The summed E-state index contributed by atoms with van der Waals surface area (Å²) in [6.45, 7) is 1.86. The number of nitrogens with zero attached hydrogens (tertiary/aromatic N) is 4. The normalized spacial score (nSPS) is 11.8.